The van der Waals surface area contributed by atoms with Gasteiger partial charge in [-0.2, -0.15) is 0 Å². The number of guanidine groups is 1. The highest BCUT2D eigenvalue weighted by atomic mass is 127. The number of para-hydroxylation sites is 1. The van der Waals surface area contributed by atoms with Crippen molar-refractivity contribution in [1.82, 2.24) is 20.4 Å². The topological polar surface area (TPSA) is 69.2 Å². The van der Waals surface area contributed by atoms with E-state index in [0.29, 0.717) is 12.6 Å². The van der Waals surface area contributed by atoms with E-state index in [9.17, 15) is 4.79 Å². The average molecular weight is 543 g/mol. The molecule has 2 aliphatic heterocycles. The summed E-state index contributed by atoms with van der Waals surface area (Å²) in [4.78, 5) is 20.9. The van der Waals surface area contributed by atoms with Crippen LogP contribution in [0.5, 0.6) is 5.75 Å². The summed E-state index contributed by atoms with van der Waals surface area (Å²) in [5.74, 6) is 1.64. The van der Waals surface area contributed by atoms with E-state index in [2.05, 4.69) is 33.5 Å². The van der Waals surface area contributed by atoms with E-state index in [1.807, 2.05) is 18.2 Å². The molecular weight excluding hydrogens is 505 g/mol. The van der Waals surface area contributed by atoms with Gasteiger partial charge in [0.2, 0.25) is 5.91 Å². The fourth-order valence-electron chi connectivity index (χ4n) is 3.95. The number of nitrogens with zero attached hydrogens (tertiary/aromatic N) is 3. The third-order valence-electron chi connectivity index (χ3n) is 5.90. The monoisotopic (exact) mass is 543 g/mol. The molecule has 0 spiro atoms. The van der Waals surface area contributed by atoms with Gasteiger partial charge in [0, 0.05) is 45.2 Å². The van der Waals surface area contributed by atoms with Crippen LogP contribution in [0, 0.1) is 0 Å². The first-order chi connectivity index (χ1) is 14.6. The lowest BCUT2D eigenvalue weighted by atomic mass is 10.0. The molecule has 31 heavy (non-hydrogen) atoms. The van der Waals surface area contributed by atoms with Gasteiger partial charge in [-0.15, -0.1) is 24.0 Å². The number of likely N-dealkylation sites (tertiary alicyclic amines) is 1. The van der Waals surface area contributed by atoms with Gasteiger partial charge in [0.15, 0.2) is 5.96 Å². The first kappa shape index (κ1) is 25.7. The number of unbranched alkanes of at least 4 members (excludes halogenated alkanes) is 1. The molecule has 8 heteroatoms. The number of likely N-dealkylation sites (N-methyl/N-ethyl adjacent to an activating group) is 1. The standard InChI is InChI=1S/C23H37N5O2.HI/c1-4-5-13-28-14-10-18(11-15-28)25-23(24-17-22(29)27(2)3)26-20-12-16-30-21-9-7-6-8-19(20)21;/h6-9,18,20H,4-5,10-17H2,1-3H3,(H2,24,25,26);1H. The van der Waals surface area contributed by atoms with Crippen molar-refractivity contribution in [3.63, 3.8) is 0 Å². The Labute approximate surface area is 204 Å². The molecule has 0 radical (unpaired) electrons. The van der Waals surface area contributed by atoms with Crippen molar-refractivity contribution >= 4 is 35.8 Å². The second-order valence-corrected chi connectivity index (χ2v) is 8.44. The molecular formula is C23H38IN5O2. The van der Waals surface area contributed by atoms with Gasteiger partial charge < -0.3 is 25.2 Å². The van der Waals surface area contributed by atoms with Crippen molar-refractivity contribution in [3.05, 3.63) is 29.8 Å². The molecule has 2 aliphatic rings. The number of hydrogen-bond acceptors (Lipinski definition) is 4. The number of fused-ring (bicyclic) bond motifs is 1. The maximum absolute atomic E-state index is 12.1. The van der Waals surface area contributed by atoms with Gasteiger partial charge in [0.25, 0.3) is 0 Å². The number of hydrogen-bond donors (Lipinski definition) is 2. The summed E-state index contributed by atoms with van der Waals surface area (Å²) < 4.78 is 5.79. The Bertz CT molecular complexity index is 720. The largest absolute Gasteiger partial charge is 0.493 e. The number of rotatable bonds is 7. The van der Waals surface area contributed by atoms with Crippen LogP contribution in [0.3, 0.4) is 0 Å². The lowest BCUT2D eigenvalue weighted by Gasteiger charge is -2.34. The highest BCUT2D eigenvalue weighted by Crippen LogP contribution is 2.31. The van der Waals surface area contributed by atoms with Gasteiger partial charge in [-0.1, -0.05) is 31.5 Å². The zero-order valence-electron chi connectivity index (χ0n) is 19.1. The van der Waals surface area contributed by atoms with E-state index in [4.69, 9.17) is 4.74 Å². The Kier molecular flexibility index (Phi) is 10.9. The number of halogens is 1. The second-order valence-electron chi connectivity index (χ2n) is 8.44. The smallest absolute Gasteiger partial charge is 0.243 e. The van der Waals surface area contributed by atoms with Crippen LogP contribution >= 0.6 is 24.0 Å². The summed E-state index contributed by atoms with van der Waals surface area (Å²) >= 11 is 0. The van der Waals surface area contributed by atoms with Gasteiger partial charge in [-0.25, -0.2) is 4.99 Å². The Morgan fingerprint density at radius 3 is 2.65 bits per heavy atom. The maximum Gasteiger partial charge on any atom is 0.243 e. The van der Waals surface area contributed by atoms with Crippen molar-refractivity contribution in [1.29, 1.82) is 0 Å². The number of amides is 1. The molecule has 0 aromatic heterocycles. The molecule has 1 amide bonds. The van der Waals surface area contributed by atoms with Crippen LogP contribution in [0.2, 0.25) is 0 Å². The molecule has 1 aromatic carbocycles. The molecule has 1 fully saturated rings. The quantitative estimate of drug-likeness (QED) is 0.315. The van der Waals surface area contributed by atoms with E-state index >= 15 is 0 Å². The molecule has 1 atom stereocenters. The number of aliphatic imine (C=N–C) groups is 1. The zero-order chi connectivity index (χ0) is 21.3. The van der Waals surface area contributed by atoms with Crippen LogP contribution in [0.15, 0.2) is 29.3 Å². The van der Waals surface area contributed by atoms with Crippen LogP contribution in [-0.4, -0.2) is 74.6 Å². The van der Waals surface area contributed by atoms with E-state index in [0.717, 1.165) is 49.6 Å². The van der Waals surface area contributed by atoms with Gasteiger partial charge in [0.1, 0.15) is 12.3 Å². The first-order valence-corrected chi connectivity index (χ1v) is 11.3. The third kappa shape index (κ3) is 7.82. The number of carbonyl (C=O) groups is 1. The third-order valence-corrected chi connectivity index (χ3v) is 5.90. The van der Waals surface area contributed by atoms with Crippen LogP contribution in [0.25, 0.3) is 0 Å². The fraction of sp³-hybridized carbons (Fsp3) is 0.652. The molecule has 0 bridgehead atoms. The van der Waals surface area contributed by atoms with Gasteiger partial charge in [-0.05, 0) is 31.9 Å². The van der Waals surface area contributed by atoms with Crippen molar-refractivity contribution < 1.29 is 9.53 Å². The summed E-state index contributed by atoms with van der Waals surface area (Å²) in [6.45, 7) is 6.48. The highest BCUT2D eigenvalue weighted by molar-refractivity contribution is 14.0. The Morgan fingerprint density at radius 1 is 1.19 bits per heavy atom. The first-order valence-electron chi connectivity index (χ1n) is 11.3. The van der Waals surface area contributed by atoms with Gasteiger partial charge in [0.05, 0.1) is 12.6 Å². The maximum atomic E-state index is 12.1. The van der Waals surface area contributed by atoms with E-state index in [-0.39, 0.29) is 42.5 Å². The van der Waals surface area contributed by atoms with Crippen molar-refractivity contribution in [3.8, 4) is 5.75 Å². The average Bonchev–Trinajstić information content (AvgIpc) is 2.77. The van der Waals surface area contributed by atoms with E-state index in [1.54, 1.807) is 19.0 Å². The zero-order valence-corrected chi connectivity index (χ0v) is 21.4. The lowest BCUT2D eigenvalue weighted by Crippen LogP contribution is -2.50. The summed E-state index contributed by atoms with van der Waals surface area (Å²) in [6.07, 6.45) is 5.56. The predicted molar refractivity (Wildman–Crippen MR) is 136 cm³/mol. The summed E-state index contributed by atoms with van der Waals surface area (Å²) in [5, 5.41) is 7.18. The molecule has 0 saturated carbocycles. The minimum atomic E-state index is -0.00198. The molecule has 3 rings (SSSR count). The molecule has 1 aromatic rings. The Hall–Kier alpha value is -1.55. The lowest BCUT2D eigenvalue weighted by molar-refractivity contribution is -0.127. The number of piperidine rings is 1. The van der Waals surface area contributed by atoms with Crippen molar-refractivity contribution in [2.24, 2.45) is 4.99 Å². The van der Waals surface area contributed by atoms with Crippen molar-refractivity contribution in [2.45, 2.75) is 51.1 Å². The number of ether oxygens (including phenoxy) is 1. The minimum absolute atomic E-state index is 0. The number of nitrogens with one attached hydrogen (secondary N) is 2. The number of carbonyl (C=O) groups excluding carboxylic acids is 1. The SMILES string of the molecule is CCCCN1CCC(NC(=NCC(=O)N(C)C)NC2CCOc3ccccc32)CC1.I. The molecule has 1 unspecified atom stereocenters. The summed E-state index contributed by atoms with van der Waals surface area (Å²) in [7, 11) is 3.53. The van der Waals surface area contributed by atoms with Crippen molar-refractivity contribution in [2.75, 3.05) is 46.9 Å². The summed E-state index contributed by atoms with van der Waals surface area (Å²) in [5.41, 5.74) is 1.14. The van der Waals surface area contributed by atoms with E-state index < -0.39 is 0 Å². The predicted octanol–water partition coefficient (Wildman–Crippen LogP) is 3.02. The van der Waals surface area contributed by atoms with Crippen LogP contribution in [0.4, 0.5) is 0 Å². The Balaban J connectivity index is 0.00000341. The molecule has 2 heterocycles. The molecule has 0 aliphatic carbocycles. The number of benzene rings is 1. The molecule has 7 nitrogen and oxygen atoms in total. The second kappa shape index (κ2) is 13.1. The van der Waals surface area contributed by atoms with Gasteiger partial charge >= 0.3 is 0 Å². The van der Waals surface area contributed by atoms with Gasteiger partial charge in [-0.3, -0.25) is 4.79 Å². The van der Waals surface area contributed by atoms with Crippen LogP contribution < -0.4 is 15.4 Å². The highest BCUT2D eigenvalue weighted by Gasteiger charge is 2.24. The molecule has 174 valence electrons. The molecule has 2 N–H and O–H groups in total. The van der Waals surface area contributed by atoms with Crippen LogP contribution in [-0.2, 0) is 4.79 Å². The summed E-state index contributed by atoms with van der Waals surface area (Å²) in [6, 6.07) is 8.64. The normalized spacial score (nSPS) is 19.6. The fourth-order valence-corrected chi connectivity index (χ4v) is 3.95. The van der Waals surface area contributed by atoms with E-state index in [1.165, 1.54) is 19.4 Å². The van der Waals surface area contributed by atoms with Crippen LogP contribution in [0.1, 0.15) is 50.6 Å². The minimum Gasteiger partial charge on any atom is -0.493 e. The Morgan fingerprint density at radius 2 is 1.94 bits per heavy atom. The molecule has 1 saturated heterocycles.